The highest BCUT2D eigenvalue weighted by Gasteiger charge is 2.32. The summed E-state index contributed by atoms with van der Waals surface area (Å²) in [4.78, 5) is -0.459. The summed E-state index contributed by atoms with van der Waals surface area (Å²) in [5.41, 5.74) is 0.277. The van der Waals surface area contributed by atoms with Crippen molar-refractivity contribution in [1.82, 2.24) is 0 Å². The van der Waals surface area contributed by atoms with Gasteiger partial charge in [0.15, 0.2) is 0 Å². The van der Waals surface area contributed by atoms with Crippen LogP contribution in [0.5, 0.6) is 0 Å². The fourth-order valence-electron chi connectivity index (χ4n) is 1.90. The van der Waals surface area contributed by atoms with Gasteiger partial charge in [-0.15, -0.1) is 0 Å². The zero-order valence-electron chi connectivity index (χ0n) is 12.0. The summed E-state index contributed by atoms with van der Waals surface area (Å²) < 4.78 is 65.3. The minimum atomic E-state index is -4.63. The zero-order chi connectivity index (χ0) is 17.3. The maximum atomic E-state index is 12.8. The Balaban J connectivity index is 2.37. The van der Waals surface area contributed by atoms with Crippen LogP contribution in [0, 0.1) is 0 Å². The first-order valence-corrected chi connectivity index (χ1v) is 8.89. The van der Waals surface area contributed by atoms with Crippen LogP contribution in [0.3, 0.4) is 0 Å². The number of alkyl halides is 3. The molecule has 0 atom stereocenters. The molecule has 124 valence electrons. The van der Waals surface area contributed by atoms with Gasteiger partial charge in [0.05, 0.1) is 10.5 Å². The third kappa shape index (κ3) is 4.48. The van der Waals surface area contributed by atoms with Crippen LogP contribution in [0.1, 0.15) is 18.1 Å². The maximum absolute atomic E-state index is 12.8. The van der Waals surface area contributed by atoms with Gasteiger partial charge in [-0.3, -0.25) is 4.72 Å². The molecule has 0 bridgehead atoms. The summed E-state index contributed by atoms with van der Waals surface area (Å²) in [5, 5.41) is 0. The molecule has 0 heterocycles. The number of anilines is 1. The van der Waals surface area contributed by atoms with Gasteiger partial charge in [-0.2, -0.15) is 13.2 Å². The molecule has 1 N–H and O–H groups in total. The minimum absolute atomic E-state index is 0.0361. The van der Waals surface area contributed by atoms with Crippen molar-refractivity contribution in [3.05, 3.63) is 58.1 Å². The van der Waals surface area contributed by atoms with Crippen molar-refractivity contribution in [2.45, 2.75) is 24.4 Å². The first-order valence-electron chi connectivity index (χ1n) is 6.61. The second kappa shape index (κ2) is 6.52. The van der Waals surface area contributed by atoms with E-state index in [0.717, 1.165) is 24.1 Å². The summed E-state index contributed by atoms with van der Waals surface area (Å²) in [6.07, 6.45) is -3.83. The van der Waals surface area contributed by atoms with Gasteiger partial charge in [0.25, 0.3) is 10.0 Å². The first kappa shape index (κ1) is 17.8. The van der Waals surface area contributed by atoms with Crippen LogP contribution in [0.25, 0.3) is 0 Å². The van der Waals surface area contributed by atoms with Gasteiger partial charge in [0.1, 0.15) is 0 Å². The van der Waals surface area contributed by atoms with Crippen LogP contribution in [-0.2, 0) is 22.6 Å². The van der Waals surface area contributed by atoms with Gasteiger partial charge in [-0.25, -0.2) is 8.42 Å². The van der Waals surface area contributed by atoms with E-state index >= 15 is 0 Å². The summed E-state index contributed by atoms with van der Waals surface area (Å²) >= 11 is 2.91. The third-order valence-electron chi connectivity index (χ3n) is 3.12. The number of aryl methyl sites for hydroxylation is 1. The number of sulfonamides is 1. The maximum Gasteiger partial charge on any atom is 0.416 e. The Morgan fingerprint density at radius 2 is 1.70 bits per heavy atom. The molecule has 2 aromatic rings. The SMILES string of the molecule is CCc1ccc(NS(=O)(=O)c2cc(Br)cc(C(F)(F)F)c2)cc1. The molecule has 0 aromatic heterocycles. The summed E-state index contributed by atoms with van der Waals surface area (Å²) in [6, 6.07) is 9.19. The Bertz CT molecular complexity index is 802. The molecule has 0 fully saturated rings. The summed E-state index contributed by atoms with van der Waals surface area (Å²) in [6.45, 7) is 1.96. The van der Waals surface area contributed by atoms with Crippen LogP contribution in [-0.4, -0.2) is 8.42 Å². The van der Waals surface area contributed by atoms with Crippen LogP contribution in [0.15, 0.2) is 51.8 Å². The molecule has 0 aliphatic rings. The van der Waals surface area contributed by atoms with Crippen molar-refractivity contribution in [3.8, 4) is 0 Å². The Hall–Kier alpha value is -1.54. The van der Waals surface area contributed by atoms with Crippen molar-refractivity contribution in [3.63, 3.8) is 0 Å². The van der Waals surface area contributed by atoms with E-state index in [1.807, 2.05) is 6.92 Å². The van der Waals surface area contributed by atoms with E-state index in [1.165, 1.54) is 0 Å². The van der Waals surface area contributed by atoms with Gasteiger partial charge in [-0.1, -0.05) is 35.0 Å². The molecular formula is C15H13BrF3NO2S. The lowest BCUT2D eigenvalue weighted by Crippen LogP contribution is -2.15. The predicted octanol–water partition coefficient (Wildman–Crippen LogP) is 4.83. The average molecular weight is 408 g/mol. The quantitative estimate of drug-likeness (QED) is 0.788. The number of halogens is 4. The molecule has 3 nitrogen and oxygen atoms in total. The number of hydrogen-bond donors (Lipinski definition) is 1. The Kier molecular flexibility index (Phi) is 5.05. The van der Waals surface area contributed by atoms with Gasteiger partial charge >= 0.3 is 6.18 Å². The molecule has 8 heteroatoms. The van der Waals surface area contributed by atoms with E-state index in [0.29, 0.717) is 6.07 Å². The molecule has 2 rings (SSSR count). The number of benzene rings is 2. The van der Waals surface area contributed by atoms with E-state index in [1.54, 1.807) is 24.3 Å². The molecule has 0 unspecified atom stereocenters. The molecule has 0 radical (unpaired) electrons. The summed E-state index contributed by atoms with van der Waals surface area (Å²) in [5.74, 6) is 0. The normalized spacial score (nSPS) is 12.2. The zero-order valence-corrected chi connectivity index (χ0v) is 14.4. The van der Waals surface area contributed by atoms with Gasteiger partial charge in [0.2, 0.25) is 0 Å². The van der Waals surface area contributed by atoms with E-state index in [4.69, 9.17) is 0 Å². The van der Waals surface area contributed by atoms with Crippen molar-refractivity contribution in [2.24, 2.45) is 0 Å². The largest absolute Gasteiger partial charge is 0.416 e. The third-order valence-corrected chi connectivity index (χ3v) is 4.94. The lowest BCUT2D eigenvalue weighted by molar-refractivity contribution is -0.137. The molecule has 0 saturated heterocycles. The van der Waals surface area contributed by atoms with Crippen molar-refractivity contribution < 1.29 is 21.6 Å². The van der Waals surface area contributed by atoms with Crippen molar-refractivity contribution >= 4 is 31.6 Å². The standard InChI is InChI=1S/C15H13BrF3NO2S/c1-2-10-3-5-13(6-4-10)20-23(21,22)14-8-11(15(17,18)19)7-12(16)9-14/h3-9,20H,2H2,1H3. The molecule has 0 saturated carbocycles. The van der Waals surface area contributed by atoms with Crippen LogP contribution < -0.4 is 4.72 Å². The topological polar surface area (TPSA) is 46.2 Å². The average Bonchev–Trinajstić information content (AvgIpc) is 2.46. The van der Waals surface area contributed by atoms with Gasteiger partial charge in [0, 0.05) is 10.2 Å². The molecule has 0 amide bonds. The lowest BCUT2D eigenvalue weighted by Gasteiger charge is -2.12. The minimum Gasteiger partial charge on any atom is -0.280 e. The monoisotopic (exact) mass is 407 g/mol. The first-order chi connectivity index (χ1) is 10.6. The molecule has 23 heavy (non-hydrogen) atoms. The van der Waals surface area contributed by atoms with Crippen LogP contribution >= 0.6 is 15.9 Å². The van der Waals surface area contributed by atoms with E-state index in [-0.39, 0.29) is 10.2 Å². The number of hydrogen-bond acceptors (Lipinski definition) is 2. The van der Waals surface area contributed by atoms with E-state index in [9.17, 15) is 21.6 Å². The fourth-order valence-corrected chi connectivity index (χ4v) is 3.68. The highest BCUT2D eigenvalue weighted by atomic mass is 79.9. The van der Waals surface area contributed by atoms with Crippen LogP contribution in [0.2, 0.25) is 0 Å². The molecule has 2 aromatic carbocycles. The predicted molar refractivity (Wildman–Crippen MR) is 85.8 cm³/mol. The Labute approximate surface area is 140 Å². The molecule has 0 spiro atoms. The van der Waals surface area contributed by atoms with Crippen molar-refractivity contribution in [2.75, 3.05) is 4.72 Å². The van der Waals surface area contributed by atoms with E-state index in [2.05, 4.69) is 20.7 Å². The second-order valence-electron chi connectivity index (χ2n) is 4.83. The second-order valence-corrected chi connectivity index (χ2v) is 7.43. The van der Waals surface area contributed by atoms with E-state index < -0.39 is 26.7 Å². The van der Waals surface area contributed by atoms with Crippen LogP contribution in [0.4, 0.5) is 18.9 Å². The molecule has 0 aliphatic heterocycles. The van der Waals surface area contributed by atoms with Gasteiger partial charge < -0.3 is 0 Å². The number of nitrogens with one attached hydrogen (secondary N) is 1. The molecular weight excluding hydrogens is 395 g/mol. The lowest BCUT2D eigenvalue weighted by atomic mass is 10.2. The fraction of sp³-hybridized carbons (Fsp3) is 0.200. The highest BCUT2D eigenvalue weighted by molar-refractivity contribution is 9.10. The molecule has 0 aliphatic carbocycles. The highest BCUT2D eigenvalue weighted by Crippen LogP contribution is 2.33. The Morgan fingerprint density at radius 1 is 1.09 bits per heavy atom. The number of rotatable bonds is 4. The van der Waals surface area contributed by atoms with Crippen molar-refractivity contribution in [1.29, 1.82) is 0 Å². The van der Waals surface area contributed by atoms with Gasteiger partial charge in [-0.05, 0) is 42.3 Å². The smallest absolute Gasteiger partial charge is 0.280 e. The Morgan fingerprint density at radius 3 is 2.22 bits per heavy atom. The summed E-state index contributed by atoms with van der Waals surface area (Å²) in [7, 11) is -4.12.